The highest BCUT2D eigenvalue weighted by Crippen LogP contribution is 2.25. The van der Waals surface area contributed by atoms with Gasteiger partial charge < -0.3 is 5.32 Å². The Kier molecular flexibility index (Phi) is 5.33. The lowest BCUT2D eigenvalue weighted by atomic mass is 10.3. The number of nitrogens with one attached hydrogen (secondary N) is 1. The molecule has 0 aliphatic heterocycles. The Morgan fingerprint density at radius 1 is 1.15 bits per heavy atom. The fourth-order valence-corrected chi connectivity index (χ4v) is 3.95. The monoisotopic (exact) mass is 405 g/mol. The number of benzene rings is 2. The molecule has 9 heteroatoms. The summed E-state index contributed by atoms with van der Waals surface area (Å²) in [6, 6.07) is 11.8. The van der Waals surface area contributed by atoms with Crippen LogP contribution in [0.25, 0.3) is 5.69 Å². The first kappa shape index (κ1) is 19.1. The molecule has 2 aromatic carbocycles. The van der Waals surface area contributed by atoms with Crippen LogP contribution in [0.15, 0.2) is 64.8 Å². The molecule has 0 saturated heterocycles. The zero-order valence-electron chi connectivity index (χ0n) is 14.5. The van der Waals surface area contributed by atoms with Crippen LogP contribution in [-0.2, 0) is 9.84 Å². The van der Waals surface area contributed by atoms with Gasteiger partial charge in [0.25, 0.3) is 5.91 Å². The topological polar surface area (TPSA) is 81.1 Å². The van der Waals surface area contributed by atoms with Gasteiger partial charge in [-0.3, -0.25) is 9.36 Å². The largest absolute Gasteiger partial charge is 0.319 e. The van der Waals surface area contributed by atoms with Crippen molar-refractivity contribution in [2.75, 3.05) is 17.8 Å². The lowest BCUT2D eigenvalue weighted by Crippen LogP contribution is -2.18. The first-order chi connectivity index (χ1) is 12.8. The molecule has 0 fully saturated rings. The molecule has 0 spiro atoms. The van der Waals surface area contributed by atoms with Crippen molar-refractivity contribution in [1.29, 1.82) is 0 Å². The van der Waals surface area contributed by atoms with E-state index in [0.717, 1.165) is 6.26 Å². The number of sulfone groups is 1. The molecule has 0 aliphatic carbocycles. The summed E-state index contributed by atoms with van der Waals surface area (Å²) in [6.45, 7) is 0. The van der Waals surface area contributed by atoms with Crippen molar-refractivity contribution in [2.45, 2.75) is 10.1 Å². The van der Waals surface area contributed by atoms with Crippen molar-refractivity contribution >= 4 is 33.2 Å². The summed E-state index contributed by atoms with van der Waals surface area (Å²) in [5.74, 6) is -0.916. The molecule has 0 bridgehead atoms. The molecule has 3 rings (SSSR count). The molecule has 27 heavy (non-hydrogen) atoms. The molecular formula is C18H16FN3O3S2. The van der Waals surface area contributed by atoms with Gasteiger partial charge in [-0.05, 0) is 42.7 Å². The maximum Gasteiger partial charge on any atom is 0.274 e. The molecule has 1 N–H and O–H groups in total. The number of carbonyl (C=O) groups excluding carboxylic acids is 1. The van der Waals surface area contributed by atoms with Crippen LogP contribution in [0.5, 0.6) is 0 Å². The van der Waals surface area contributed by atoms with Gasteiger partial charge in [0.1, 0.15) is 11.5 Å². The van der Waals surface area contributed by atoms with Crippen LogP contribution in [0, 0.1) is 5.82 Å². The van der Waals surface area contributed by atoms with Gasteiger partial charge in [0.15, 0.2) is 15.0 Å². The van der Waals surface area contributed by atoms with Crippen molar-refractivity contribution in [3.63, 3.8) is 0 Å². The first-order valence-corrected chi connectivity index (χ1v) is 10.9. The van der Waals surface area contributed by atoms with Crippen LogP contribution < -0.4 is 5.32 Å². The molecule has 1 heterocycles. The summed E-state index contributed by atoms with van der Waals surface area (Å²) < 4.78 is 38.7. The highest BCUT2D eigenvalue weighted by molar-refractivity contribution is 7.98. The minimum atomic E-state index is -3.51. The van der Waals surface area contributed by atoms with E-state index in [4.69, 9.17) is 0 Å². The zero-order chi connectivity index (χ0) is 19.6. The van der Waals surface area contributed by atoms with Crippen molar-refractivity contribution in [1.82, 2.24) is 9.55 Å². The van der Waals surface area contributed by atoms with Crippen LogP contribution in [0.4, 0.5) is 10.1 Å². The molecule has 0 aliphatic rings. The highest BCUT2D eigenvalue weighted by Gasteiger charge is 2.20. The minimum absolute atomic E-state index is 0.0243. The Hall–Kier alpha value is -2.65. The number of hydrogen-bond acceptors (Lipinski definition) is 5. The van der Waals surface area contributed by atoms with Gasteiger partial charge in [-0.25, -0.2) is 17.8 Å². The van der Waals surface area contributed by atoms with E-state index in [1.807, 2.05) is 6.26 Å². The van der Waals surface area contributed by atoms with Crippen LogP contribution in [-0.4, -0.2) is 36.4 Å². The standard InChI is InChI=1S/C18H16FN3O3S2/c1-26-18-20-11-15(22(18)13-9-7-12(19)8-10-13)17(23)21-14-5-3-4-6-16(14)27(2,24)25/h3-11H,1-2H3,(H,21,23). The summed E-state index contributed by atoms with van der Waals surface area (Å²) >= 11 is 1.33. The molecule has 0 atom stereocenters. The number of aromatic nitrogens is 2. The number of hydrogen-bond donors (Lipinski definition) is 1. The second-order valence-electron chi connectivity index (χ2n) is 5.66. The Morgan fingerprint density at radius 2 is 1.81 bits per heavy atom. The zero-order valence-corrected chi connectivity index (χ0v) is 16.1. The summed E-state index contributed by atoms with van der Waals surface area (Å²) in [6.07, 6.45) is 4.28. The van der Waals surface area contributed by atoms with E-state index in [1.165, 1.54) is 54.4 Å². The third-order valence-electron chi connectivity index (χ3n) is 3.76. The van der Waals surface area contributed by atoms with E-state index < -0.39 is 21.6 Å². The van der Waals surface area contributed by atoms with Crippen molar-refractivity contribution in [3.8, 4) is 5.69 Å². The smallest absolute Gasteiger partial charge is 0.274 e. The molecule has 6 nitrogen and oxygen atoms in total. The quantitative estimate of drug-likeness (QED) is 0.658. The van der Waals surface area contributed by atoms with E-state index in [2.05, 4.69) is 10.3 Å². The van der Waals surface area contributed by atoms with E-state index in [9.17, 15) is 17.6 Å². The molecule has 0 radical (unpaired) electrons. The molecule has 140 valence electrons. The maximum atomic E-state index is 13.2. The second-order valence-corrected chi connectivity index (χ2v) is 8.42. The first-order valence-electron chi connectivity index (χ1n) is 7.79. The predicted octanol–water partition coefficient (Wildman–Crippen LogP) is 3.39. The summed E-state index contributed by atoms with van der Waals surface area (Å²) in [4.78, 5) is 17.1. The second kappa shape index (κ2) is 7.53. The molecule has 0 unspecified atom stereocenters. The van der Waals surface area contributed by atoms with Crippen molar-refractivity contribution in [3.05, 3.63) is 66.2 Å². The number of halogens is 1. The number of amides is 1. The van der Waals surface area contributed by atoms with Gasteiger partial charge in [-0.1, -0.05) is 23.9 Å². The molecule has 3 aromatic rings. The van der Waals surface area contributed by atoms with Gasteiger partial charge in [0.2, 0.25) is 0 Å². The normalized spacial score (nSPS) is 11.4. The van der Waals surface area contributed by atoms with Crippen molar-refractivity contribution in [2.24, 2.45) is 0 Å². The van der Waals surface area contributed by atoms with E-state index >= 15 is 0 Å². The predicted molar refractivity (Wildman–Crippen MR) is 103 cm³/mol. The summed E-state index contributed by atoms with van der Waals surface area (Å²) in [5, 5.41) is 3.17. The molecule has 1 amide bonds. The average molecular weight is 405 g/mol. The number of imidazole rings is 1. The number of thioether (sulfide) groups is 1. The minimum Gasteiger partial charge on any atom is -0.319 e. The van der Waals surface area contributed by atoms with Crippen LogP contribution >= 0.6 is 11.8 Å². The molecule has 0 saturated carbocycles. The Bertz CT molecular complexity index is 1090. The SMILES string of the molecule is CSc1ncc(C(=O)Nc2ccccc2S(C)(=O)=O)n1-c1ccc(F)cc1. The maximum absolute atomic E-state index is 13.2. The van der Waals surface area contributed by atoms with E-state index in [0.29, 0.717) is 10.8 Å². The van der Waals surface area contributed by atoms with Gasteiger partial charge in [-0.2, -0.15) is 0 Å². The molecule has 1 aromatic heterocycles. The highest BCUT2D eigenvalue weighted by atomic mass is 32.2. The number of nitrogens with zero attached hydrogens (tertiary/aromatic N) is 2. The van der Waals surface area contributed by atoms with E-state index in [-0.39, 0.29) is 16.3 Å². The summed E-state index contributed by atoms with van der Waals surface area (Å²) in [7, 11) is -3.51. The van der Waals surface area contributed by atoms with Crippen molar-refractivity contribution < 1.29 is 17.6 Å². The van der Waals surface area contributed by atoms with Gasteiger partial charge in [0, 0.05) is 11.9 Å². The Balaban J connectivity index is 2.02. The lowest BCUT2D eigenvalue weighted by molar-refractivity contribution is 0.102. The number of para-hydroxylation sites is 1. The fourth-order valence-electron chi connectivity index (χ4n) is 2.56. The number of anilines is 1. The van der Waals surface area contributed by atoms with Crippen LogP contribution in [0.3, 0.4) is 0 Å². The fraction of sp³-hybridized carbons (Fsp3) is 0.111. The third-order valence-corrected chi connectivity index (χ3v) is 5.57. The average Bonchev–Trinajstić information content (AvgIpc) is 3.06. The lowest BCUT2D eigenvalue weighted by Gasteiger charge is -2.13. The third kappa shape index (κ3) is 4.04. The molecular weight excluding hydrogens is 389 g/mol. The van der Waals surface area contributed by atoms with Gasteiger partial charge in [0.05, 0.1) is 16.8 Å². The summed E-state index contributed by atoms with van der Waals surface area (Å²) in [5.41, 5.74) is 0.955. The number of rotatable bonds is 5. The van der Waals surface area contributed by atoms with Crippen LogP contribution in [0.2, 0.25) is 0 Å². The Labute approximate surface area is 160 Å². The van der Waals surface area contributed by atoms with Gasteiger partial charge >= 0.3 is 0 Å². The van der Waals surface area contributed by atoms with E-state index in [1.54, 1.807) is 16.7 Å². The van der Waals surface area contributed by atoms with Gasteiger partial charge in [-0.15, -0.1) is 0 Å². The Morgan fingerprint density at radius 3 is 2.44 bits per heavy atom. The van der Waals surface area contributed by atoms with Crippen LogP contribution in [0.1, 0.15) is 10.5 Å². The number of carbonyl (C=O) groups is 1.